The van der Waals surface area contributed by atoms with Crippen LogP contribution in [0.2, 0.25) is 0 Å². The second-order valence-electron chi connectivity index (χ2n) is 4.00. The number of ether oxygens (including phenoxy) is 4. The number of hydrogen-bond acceptors (Lipinski definition) is 6. The van der Waals surface area contributed by atoms with Gasteiger partial charge in [0.2, 0.25) is 0 Å². The van der Waals surface area contributed by atoms with Crippen LogP contribution < -0.4 is 14.4 Å². The molecule has 1 heterocycles. The van der Waals surface area contributed by atoms with Crippen LogP contribution in [0.4, 0.5) is 10.5 Å². The van der Waals surface area contributed by atoms with Gasteiger partial charge in [-0.05, 0) is 6.07 Å². The van der Waals surface area contributed by atoms with Crippen LogP contribution in [0.3, 0.4) is 0 Å². The number of carbonyl (C=O) groups is 2. The highest BCUT2D eigenvalue weighted by Gasteiger charge is 2.26. The molecule has 20 heavy (non-hydrogen) atoms. The zero-order valence-electron chi connectivity index (χ0n) is 11.3. The van der Waals surface area contributed by atoms with Gasteiger partial charge in [-0.3, -0.25) is 9.69 Å². The van der Waals surface area contributed by atoms with Gasteiger partial charge in [0.25, 0.3) is 0 Å². The Morgan fingerprint density at radius 1 is 1.40 bits per heavy atom. The van der Waals surface area contributed by atoms with Crippen molar-refractivity contribution >= 4 is 18.1 Å². The standard InChI is InChI=1S/C13H15NO6/c1-17-8-20-12-9(7-15)5-10(6-11(12)18-2)14-3-4-19-13(14)16/h5-7H,3-4,8H2,1-2H3. The highest BCUT2D eigenvalue weighted by Crippen LogP contribution is 2.36. The molecule has 0 atom stereocenters. The Labute approximate surface area is 116 Å². The summed E-state index contributed by atoms with van der Waals surface area (Å²) in [6, 6.07) is 3.16. The van der Waals surface area contributed by atoms with Crippen molar-refractivity contribution in [3.8, 4) is 11.5 Å². The van der Waals surface area contributed by atoms with E-state index in [2.05, 4.69) is 0 Å². The van der Waals surface area contributed by atoms with Crippen LogP contribution in [0.15, 0.2) is 12.1 Å². The first-order chi connectivity index (χ1) is 9.71. The molecule has 2 rings (SSSR count). The molecule has 0 N–H and O–H groups in total. The molecule has 1 amide bonds. The van der Waals surface area contributed by atoms with Crippen LogP contribution in [0.1, 0.15) is 10.4 Å². The first-order valence-electron chi connectivity index (χ1n) is 5.94. The zero-order valence-corrected chi connectivity index (χ0v) is 11.3. The minimum atomic E-state index is -0.450. The van der Waals surface area contributed by atoms with Crippen LogP contribution in [-0.2, 0) is 9.47 Å². The molecule has 1 aromatic carbocycles. The number of nitrogens with zero attached hydrogens (tertiary/aromatic N) is 1. The van der Waals surface area contributed by atoms with Crippen LogP contribution >= 0.6 is 0 Å². The van der Waals surface area contributed by atoms with E-state index in [-0.39, 0.29) is 18.1 Å². The van der Waals surface area contributed by atoms with Crippen molar-refractivity contribution in [1.82, 2.24) is 0 Å². The van der Waals surface area contributed by atoms with Crippen molar-refractivity contribution in [1.29, 1.82) is 0 Å². The Morgan fingerprint density at radius 3 is 2.75 bits per heavy atom. The number of methoxy groups -OCH3 is 2. The topological polar surface area (TPSA) is 74.3 Å². The molecule has 1 aromatic rings. The molecule has 0 aromatic heterocycles. The molecular formula is C13H15NO6. The summed E-state index contributed by atoms with van der Waals surface area (Å²) in [6.07, 6.45) is 0.188. The molecule has 1 saturated heterocycles. The fraction of sp³-hybridized carbons (Fsp3) is 0.385. The number of cyclic esters (lactones) is 1. The summed E-state index contributed by atoms with van der Waals surface area (Å²) < 4.78 is 20.2. The number of carbonyl (C=O) groups excluding carboxylic acids is 2. The van der Waals surface area contributed by atoms with Gasteiger partial charge in [-0.25, -0.2) is 4.79 Å². The maximum Gasteiger partial charge on any atom is 0.414 e. The van der Waals surface area contributed by atoms with Crippen LogP contribution in [0.5, 0.6) is 11.5 Å². The third-order valence-electron chi connectivity index (χ3n) is 2.81. The van der Waals surface area contributed by atoms with Gasteiger partial charge in [0.1, 0.15) is 6.61 Å². The molecule has 0 unspecified atom stereocenters. The van der Waals surface area contributed by atoms with Gasteiger partial charge in [0, 0.05) is 13.2 Å². The number of rotatable bonds is 6. The summed E-state index contributed by atoms with van der Waals surface area (Å²) in [5.74, 6) is 0.627. The van der Waals surface area contributed by atoms with E-state index in [1.807, 2.05) is 0 Å². The van der Waals surface area contributed by atoms with E-state index in [1.54, 1.807) is 12.1 Å². The lowest BCUT2D eigenvalue weighted by molar-refractivity contribution is 0.0485. The summed E-state index contributed by atoms with van der Waals surface area (Å²) in [6.45, 7) is 0.736. The first kappa shape index (κ1) is 14.1. The Kier molecular flexibility index (Phi) is 4.41. The molecule has 0 spiro atoms. The molecular weight excluding hydrogens is 266 g/mol. The van der Waals surface area contributed by atoms with Crippen molar-refractivity contribution in [3.63, 3.8) is 0 Å². The van der Waals surface area contributed by atoms with E-state index >= 15 is 0 Å². The highest BCUT2D eigenvalue weighted by molar-refractivity contribution is 5.92. The number of anilines is 1. The van der Waals surface area contributed by atoms with Gasteiger partial charge >= 0.3 is 6.09 Å². The predicted molar refractivity (Wildman–Crippen MR) is 69.6 cm³/mol. The molecule has 108 valence electrons. The predicted octanol–water partition coefficient (Wildman–Crippen LogP) is 1.45. The smallest absolute Gasteiger partial charge is 0.414 e. The van der Waals surface area contributed by atoms with E-state index in [4.69, 9.17) is 18.9 Å². The van der Waals surface area contributed by atoms with Gasteiger partial charge < -0.3 is 18.9 Å². The van der Waals surface area contributed by atoms with Crippen molar-refractivity contribution in [2.75, 3.05) is 39.1 Å². The quantitative estimate of drug-likeness (QED) is 0.580. The van der Waals surface area contributed by atoms with Crippen LogP contribution in [-0.4, -0.2) is 46.5 Å². The van der Waals surface area contributed by atoms with E-state index in [9.17, 15) is 9.59 Å². The molecule has 0 aliphatic carbocycles. The second kappa shape index (κ2) is 6.25. The number of benzene rings is 1. The molecule has 1 aliphatic rings. The summed E-state index contributed by atoms with van der Waals surface area (Å²) in [5.41, 5.74) is 0.798. The maximum atomic E-state index is 11.6. The summed E-state index contributed by atoms with van der Waals surface area (Å²) in [5, 5.41) is 0. The molecule has 1 fully saturated rings. The van der Waals surface area contributed by atoms with E-state index in [0.29, 0.717) is 30.9 Å². The van der Waals surface area contributed by atoms with Gasteiger partial charge in [-0.1, -0.05) is 0 Å². The van der Waals surface area contributed by atoms with Gasteiger partial charge in [0.15, 0.2) is 24.6 Å². The lowest BCUT2D eigenvalue weighted by atomic mass is 10.1. The van der Waals surface area contributed by atoms with Crippen molar-refractivity contribution < 1.29 is 28.5 Å². The summed E-state index contributed by atoms with van der Waals surface area (Å²) in [7, 11) is 2.93. The van der Waals surface area contributed by atoms with Gasteiger partial charge in [0.05, 0.1) is 24.9 Å². The number of hydrogen-bond donors (Lipinski definition) is 0. The molecule has 0 saturated carbocycles. The monoisotopic (exact) mass is 281 g/mol. The van der Waals surface area contributed by atoms with Crippen LogP contribution in [0, 0.1) is 0 Å². The fourth-order valence-electron chi connectivity index (χ4n) is 1.90. The summed E-state index contributed by atoms with van der Waals surface area (Å²) >= 11 is 0. The molecule has 0 radical (unpaired) electrons. The van der Waals surface area contributed by atoms with E-state index in [0.717, 1.165) is 0 Å². The van der Waals surface area contributed by atoms with Crippen molar-refractivity contribution in [3.05, 3.63) is 17.7 Å². The van der Waals surface area contributed by atoms with Gasteiger partial charge in [-0.15, -0.1) is 0 Å². The minimum Gasteiger partial charge on any atom is -0.493 e. The number of aldehydes is 1. The van der Waals surface area contributed by atoms with Gasteiger partial charge in [-0.2, -0.15) is 0 Å². The molecule has 1 aliphatic heterocycles. The van der Waals surface area contributed by atoms with Crippen LogP contribution in [0.25, 0.3) is 0 Å². The molecule has 7 heteroatoms. The molecule has 0 bridgehead atoms. The Morgan fingerprint density at radius 2 is 2.20 bits per heavy atom. The van der Waals surface area contributed by atoms with E-state index < -0.39 is 6.09 Å². The largest absolute Gasteiger partial charge is 0.493 e. The average Bonchev–Trinajstić information content (AvgIpc) is 2.90. The lowest BCUT2D eigenvalue weighted by Crippen LogP contribution is -2.23. The Hall–Kier alpha value is -2.28. The first-order valence-corrected chi connectivity index (χ1v) is 5.94. The second-order valence-corrected chi connectivity index (χ2v) is 4.00. The zero-order chi connectivity index (χ0) is 14.5. The third-order valence-corrected chi connectivity index (χ3v) is 2.81. The minimum absolute atomic E-state index is 0.0116. The van der Waals surface area contributed by atoms with Crippen molar-refractivity contribution in [2.24, 2.45) is 0 Å². The Bertz CT molecular complexity index is 516. The van der Waals surface area contributed by atoms with Crippen molar-refractivity contribution in [2.45, 2.75) is 0 Å². The lowest BCUT2D eigenvalue weighted by Gasteiger charge is -2.17. The SMILES string of the molecule is COCOc1c(C=O)cc(N2CCOC2=O)cc1OC. The molecule has 7 nitrogen and oxygen atoms in total. The summed E-state index contributed by atoms with van der Waals surface area (Å²) in [4.78, 5) is 24.2. The average molecular weight is 281 g/mol. The number of amides is 1. The third kappa shape index (κ3) is 2.67. The Balaban J connectivity index is 2.40. The maximum absolute atomic E-state index is 11.6. The highest BCUT2D eigenvalue weighted by atomic mass is 16.7. The van der Waals surface area contributed by atoms with E-state index in [1.165, 1.54) is 19.1 Å². The fourth-order valence-corrected chi connectivity index (χ4v) is 1.90. The normalized spacial score (nSPS) is 14.1.